The molecular formula is C30H39FN4O7. The van der Waals surface area contributed by atoms with Crippen molar-refractivity contribution in [2.24, 2.45) is 0 Å². The van der Waals surface area contributed by atoms with Crippen LogP contribution in [-0.4, -0.2) is 79.4 Å². The first kappa shape index (κ1) is 31.5. The predicted octanol–water partition coefficient (Wildman–Crippen LogP) is 1.25. The normalized spacial score (nSPS) is 26.9. The first-order valence-electron chi connectivity index (χ1n) is 13.8. The van der Waals surface area contributed by atoms with Gasteiger partial charge in [-0.2, -0.15) is 0 Å². The van der Waals surface area contributed by atoms with E-state index in [9.17, 15) is 34.1 Å². The molecule has 3 amide bonds. The summed E-state index contributed by atoms with van der Waals surface area (Å²) in [5.74, 6) is -6.00. The zero-order valence-electron chi connectivity index (χ0n) is 24.5. The van der Waals surface area contributed by atoms with Crippen LogP contribution in [0.2, 0.25) is 0 Å². The Morgan fingerprint density at radius 1 is 1.14 bits per heavy atom. The fourth-order valence-electron chi connectivity index (χ4n) is 5.87. The summed E-state index contributed by atoms with van der Waals surface area (Å²) >= 11 is 0. The van der Waals surface area contributed by atoms with Crippen LogP contribution in [0.15, 0.2) is 53.8 Å². The van der Waals surface area contributed by atoms with Crippen molar-refractivity contribution < 1.29 is 38.8 Å². The van der Waals surface area contributed by atoms with Gasteiger partial charge in [-0.25, -0.2) is 4.39 Å². The maximum Gasteiger partial charge on any atom is 0.279 e. The minimum absolute atomic E-state index is 0.0706. The van der Waals surface area contributed by atoms with E-state index in [2.05, 4.69) is 10.2 Å². The van der Waals surface area contributed by atoms with Crippen LogP contribution in [0.1, 0.15) is 58.6 Å². The van der Waals surface area contributed by atoms with Crippen molar-refractivity contribution in [3.63, 3.8) is 0 Å². The van der Waals surface area contributed by atoms with Crippen LogP contribution < -0.4 is 10.6 Å². The highest BCUT2D eigenvalue weighted by Crippen LogP contribution is 2.34. The van der Waals surface area contributed by atoms with Crippen molar-refractivity contribution in [1.82, 2.24) is 20.4 Å². The fourth-order valence-corrected chi connectivity index (χ4v) is 5.87. The second kappa shape index (κ2) is 11.3. The lowest BCUT2D eigenvalue weighted by Gasteiger charge is -2.47. The third-order valence-electron chi connectivity index (χ3n) is 7.39. The van der Waals surface area contributed by atoms with Crippen molar-refractivity contribution in [2.45, 2.75) is 76.8 Å². The number of benzene rings is 1. The number of hydrogen-bond donors (Lipinski definition) is 5. The molecule has 0 saturated carbocycles. The van der Waals surface area contributed by atoms with Crippen LogP contribution in [0.3, 0.4) is 0 Å². The van der Waals surface area contributed by atoms with Gasteiger partial charge in [0.05, 0.1) is 23.3 Å². The summed E-state index contributed by atoms with van der Waals surface area (Å²) in [5, 5.41) is 37.3. The third-order valence-corrected chi connectivity index (χ3v) is 7.39. The predicted molar refractivity (Wildman–Crippen MR) is 150 cm³/mol. The SMILES string of the molecule is C\C=C/C=C1/C(=O)N(C2(O)CCC(=O)NC2=O)C/C1=C\NC(O)(O)c1cc(CN2CC(C)(C)OC(C)(C)C2)ccc1F. The number of nitrogens with zero attached hydrogens (tertiary/aromatic N) is 2. The zero-order valence-corrected chi connectivity index (χ0v) is 24.5. The van der Waals surface area contributed by atoms with Crippen LogP contribution in [0, 0.1) is 5.82 Å². The van der Waals surface area contributed by atoms with Crippen LogP contribution >= 0.6 is 0 Å². The summed E-state index contributed by atoms with van der Waals surface area (Å²) in [6.45, 7) is 11.1. The van der Waals surface area contributed by atoms with Gasteiger partial charge in [-0.05, 0) is 58.4 Å². The Hall–Kier alpha value is -3.42. The number of ether oxygens (including phenoxy) is 1. The number of likely N-dealkylation sites (tertiary alicyclic amines) is 1. The number of amides is 3. The largest absolute Gasteiger partial charge is 0.367 e. The van der Waals surface area contributed by atoms with E-state index in [1.807, 2.05) is 33.0 Å². The van der Waals surface area contributed by atoms with E-state index in [0.29, 0.717) is 25.2 Å². The molecule has 3 fully saturated rings. The molecule has 3 aliphatic rings. The van der Waals surface area contributed by atoms with Crippen LogP contribution in [0.5, 0.6) is 0 Å². The second-order valence-corrected chi connectivity index (χ2v) is 12.3. The number of aliphatic hydroxyl groups is 3. The molecule has 11 nitrogen and oxygen atoms in total. The Morgan fingerprint density at radius 2 is 1.81 bits per heavy atom. The number of halogens is 1. The van der Waals surface area contributed by atoms with E-state index in [4.69, 9.17) is 4.74 Å². The van der Waals surface area contributed by atoms with E-state index in [1.54, 1.807) is 25.1 Å². The Kier molecular flexibility index (Phi) is 8.51. The van der Waals surface area contributed by atoms with Crippen molar-refractivity contribution in [3.8, 4) is 0 Å². The molecule has 0 radical (unpaired) electrons. The van der Waals surface area contributed by atoms with E-state index < -0.39 is 51.9 Å². The molecule has 3 aliphatic heterocycles. The van der Waals surface area contributed by atoms with Crippen molar-refractivity contribution in [3.05, 3.63) is 70.7 Å². The molecule has 0 bridgehead atoms. The number of carbonyl (C=O) groups is 3. The molecule has 1 aromatic rings. The number of hydrogen-bond acceptors (Lipinski definition) is 9. The molecule has 0 aliphatic carbocycles. The number of rotatable bonds is 7. The van der Waals surface area contributed by atoms with Gasteiger partial charge in [-0.15, -0.1) is 0 Å². The lowest BCUT2D eigenvalue weighted by molar-refractivity contribution is -0.188. The van der Waals surface area contributed by atoms with E-state index >= 15 is 0 Å². The number of morpholine rings is 1. The average molecular weight is 587 g/mol. The molecule has 228 valence electrons. The highest BCUT2D eigenvalue weighted by atomic mass is 19.1. The standard InChI is InChI=1S/C30H39FN4O7/c1-6-7-8-21-20(16-35(25(21)37)29(39)12-11-24(36)33-26(29)38)14-32-30(40,41)22-13-19(9-10-23(22)31)15-34-17-27(2,3)42-28(4,5)18-34/h6-10,13-14,32,39-41H,11-12,15-18H2,1-5H3,(H,33,36,38)/b7-6-,20-14+,21-8+. The van der Waals surface area contributed by atoms with Crippen molar-refractivity contribution in [1.29, 1.82) is 0 Å². The lowest BCUT2D eigenvalue weighted by atomic mass is 9.98. The topological polar surface area (TPSA) is 152 Å². The Balaban J connectivity index is 1.58. The minimum atomic E-state index is -2.87. The van der Waals surface area contributed by atoms with Gasteiger partial charge in [0.2, 0.25) is 11.6 Å². The van der Waals surface area contributed by atoms with Crippen LogP contribution in [0.4, 0.5) is 4.39 Å². The maximum atomic E-state index is 14.9. The molecule has 1 aromatic carbocycles. The molecule has 12 heteroatoms. The smallest absolute Gasteiger partial charge is 0.279 e. The second-order valence-electron chi connectivity index (χ2n) is 12.3. The Morgan fingerprint density at radius 3 is 2.43 bits per heavy atom. The van der Waals surface area contributed by atoms with Crippen molar-refractivity contribution in [2.75, 3.05) is 19.6 Å². The van der Waals surface area contributed by atoms with Gasteiger partial charge in [0, 0.05) is 49.8 Å². The molecular weight excluding hydrogens is 547 g/mol. The zero-order chi connectivity index (χ0) is 31.1. The number of carbonyl (C=O) groups excluding carboxylic acids is 3. The highest BCUT2D eigenvalue weighted by Gasteiger charge is 2.51. The molecule has 4 rings (SSSR count). The van der Waals surface area contributed by atoms with Crippen LogP contribution in [-0.2, 0) is 31.6 Å². The van der Waals surface area contributed by atoms with Gasteiger partial charge < -0.3 is 25.4 Å². The summed E-state index contributed by atoms with van der Waals surface area (Å²) < 4.78 is 21.0. The lowest BCUT2D eigenvalue weighted by Crippen LogP contribution is -2.63. The van der Waals surface area contributed by atoms with Gasteiger partial charge in [-0.3, -0.25) is 29.5 Å². The summed E-state index contributed by atoms with van der Waals surface area (Å²) in [7, 11) is 0. The van der Waals surface area contributed by atoms with E-state index in [1.165, 1.54) is 12.1 Å². The molecule has 1 unspecified atom stereocenters. The molecule has 3 heterocycles. The van der Waals surface area contributed by atoms with Gasteiger partial charge >= 0.3 is 0 Å². The fraction of sp³-hybridized carbons (Fsp3) is 0.500. The summed E-state index contributed by atoms with van der Waals surface area (Å²) in [6.07, 6.45) is 5.37. The maximum absolute atomic E-state index is 14.9. The van der Waals surface area contributed by atoms with E-state index in [0.717, 1.165) is 17.2 Å². The minimum Gasteiger partial charge on any atom is -0.367 e. The third kappa shape index (κ3) is 6.63. The molecule has 42 heavy (non-hydrogen) atoms. The number of piperidine rings is 1. The molecule has 5 N–H and O–H groups in total. The molecule has 3 saturated heterocycles. The summed E-state index contributed by atoms with van der Waals surface area (Å²) in [6, 6.07) is 4.11. The highest BCUT2D eigenvalue weighted by molar-refractivity contribution is 6.08. The Labute approximate surface area is 244 Å². The summed E-state index contributed by atoms with van der Waals surface area (Å²) in [5.41, 5.74) is -2.57. The summed E-state index contributed by atoms with van der Waals surface area (Å²) in [4.78, 5) is 40.4. The van der Waals surface area contributed by atoms with Gasteiger partial charge in [-0.1, -0.05) is 18.2 Å². The van der Waals surface area contributed by atoms with Gasteiger partial charge in [0.25, 0.3) is 17.7 Å². The monoisotopic (exact) mass is 586 g/mol. The van der Waals surface area contributed by atoms with Gasteiger partial charge in [0.1, 0.15) is 5.82 Å². The molecule has 0 spiro atoms. The first-order valence-corrected chi connectivity index (χ1v) is 13.8. The van der Waals surface area contributed by atoms with Crippen LogP contribution in [0.25, 0.3) is 0 Å². The van der Waals surface area contributed by atoms with E-state index in [-0.39, 0.29) is 30.5 Å². The number of nitrogens with one attached hydrogen (secondary N) is 2. The average Bonchev–Trinajstić information content (AvgIpc) is 3.18. The van der Waals surface area contributed by atoms with Crippen molar-refractivity contribution >= 4 is 17.7 Å². The quantitative estimate of drug-likeness (QED) is 0.181. The molecule has 0 aromatic heterocycles. The number of allylic oxidation sites excluding steroid dienone is 3. The Bertz CT molecular complexity index is 1350. The van der Waals surface area contributed by atoms with Gasteiger partial charge in [0.15, 0.2) is 0 Å². The first-order chi connectivity index (χ1) is 19.5. The number of imide groups is 1. The molecule has 1 atom stereocenters.